The summed E-state index contributed by atoms with van der Waals surface area (Å²) in [5.74, 6) is 5.83. The fraction of sp³-hybridized carbons (Fsp3) is 0.0833. The molecule has 0 aliphatic rings. The Labute approximate surface area is 119 Å². The first-order valence-electron chi connectivity index (χ1n) is 5.60. The van der Waals surface area contributed by atoms with E-state index in [1.807, 2.05) is 0 Å². The minimum atomic E-state index is -0.512. The van der Waals surface area contributed by atoms with Crippen molar-refractivity contribution in [2.24, 2.45) is 5.84 Å². The summed E-state index contributed by atoms with van der Waals surface area (Å²) in [4.78, 5) is 14.5. The van der Waals surface area contributed by atoms with Gasteiger partial charge in [0.05, 0.1) is 15.6 Å². The minimum Gasteiger partial charge on any atom is -0.480 e. The first kappa shape index (κ1) is 14.0. The molecule has 1 aromatic carbocycles. The van der Waals surface area contributed by atoms with Gasteiger partial charge in [0.1, 0.15) is 12.4 Å². The highest BCUT2D eigenvalue weighted by molar-refractivity contribution is 6.31. The van der Waals surface area contributed by atoms with Crippen LogP contribution in [0.5, 0.6) is 5.75 Å². The van der Waals surface area contributed by atoms with Gasteiger partial charge in [0, 0.05) is 6.07 Å². The molecule has 1 aromatic heterocycles. The zero-order chi connectivity index (χ0) is 14.5. The van der Waals surface area contributed by atoms with E-state index in [2.05, 4.69) is 10.4 Å². The van der Waals surface area contributed by atoms with Crippen molar-refractivity contribution in [2.75, 3.05) is 5.43 Å². The first-order valence-corrected chi connectivity index (χ1v) is 5.98. The lowest BCUT2D eigenvalue weighted by Gasteiger charge is -2.08. The molecular weight excluding hydrogens is 284 g/mol. The molecule has 0 bridgehead atoms. The minimum absolute atomic E-state index is 0.000787. The Bertz CT molecular complexity index is 636. The van der Waals surface area contributed by atoms with Crippen LogP contribution >= 0.6 is 11.6 Å². The zero-order valence-electron chi connectivity index (χ0n) is 10.2. The van der Waals surface area contributed by atoms with E-state index in [0.717, 1.165) is 0 Å². The second kappa shape index (κ2) is 6.18. The number of benzene rings is 1. The Morgan fingerprint density at radius 2 is 2.10 bits per heavy atom. The van der Waals surface area contributed by atoms with Gasteiger partial charge in [0.15, 0.2) is 5.75 Å². The quantitative estimate of drug-likeness (QED) is 0.499. The lowest BCUT2D eigenvalue weighted by molar-refractivity contribution is -0.385. The van der Waals surface area contributed by atoms with Crippen LogP contribution in [0.15, 0.2) is 36.4 Å². The topological polar surface area (TPSA) is 103 Å². The largest absolute Gasteiger partial charge is 0.480 e. The van der Waals surface area contributed by atoms with Gasteiger partial charge in [-0.3, -0.25) is 10.1 Å². The summed E-state index contributed by atoms with van der Waals surface area (Å²) < 4.78 is 5.41. The summed E-state index contributed by atoms with van der Waals surface area (Å²) in [6.07, 6.45) is 0. The van der Waals surface area contributed by atoms with Crippen molar-refractivity contribution < 1.29 is 9.66 Å². The van der Waals surface area contributed by atoms with E-state index in [1.165, 1.54) is 12.1 Å². The predicted molar refractivity (Wildman–Crippen MR) is 74.5 cm³/mol. The number of anilines is 1. The maximum absolute atomic E-state index is 10.9. The number of nitro benzene ring substituents is 1. The molecule has 0 atom stereocenters. The molecule has 104 valence electrons. The van der Waals surface area contributed by atoms with Crippen LogP contribution in [0.2, 0.25) is 5.02 Å². The van der Waals surface area contributed by atoms with Gasteiger partial charge in [-0.05, 0) is 18.2 Å². The average molecular weight is 295 g/mol. The van der Waals surface area contributed by atoms with Crippen LogP contribution in [0.1, 0.15) is 5.69 Å². The maximum atomic E-state index is 10.9. The summed E-state index contributed by atoms with van der Waals surface area (Å²) >= 11 is 5.98. The molecule has 0 amide bonds. The highest BCUT2D eigenvalue weighted by Crippen LogP contribution is 2.27. The van der Waals surface area contributed by atoms with E-state index in [9.17, 15) is 10.1 Å². The summed E-state index contributed by atoms with van der Waals surface area (Å²) in [7, 11) is 0. The van der Waals surface area contributed by atoms with Crippen LogP contribution in [0.4, 0.5) is 11.5 Å². The number of nitrogen functional groups attached to an aromatic ring is 1. The van der Waals surface area contributed by atoms with Crippen LogP contribution in [0, 0.1) is 10.1 Å². The highest BCUT2D eigenvalue weighted by atomic mass is 35.5. The molecule has 0 saturated heterocycles. The number of nitrogens with one attached hydrogen (secondary N) is 1. The molecular formula is C12H11ClN4O3. The summed E-state index contributed by atoms with van der Waals surface area (Å²) in [5.41, 5.74) is 2.71. The zero-order valence-corrected chi connectivity index (χ0v) is 11.0. The number of rotatable bonds is 5. The number of halogens is 1. The van der Waals surface area contributed by atoms with Crippen molar-refractivity contribution in [1.82, 2.24) is 4.98 Å². The molecule has 3 N–H and O–H groups in total. The van der Waals surface area contributed by atoms with Crippen LogP contribution < -0.4 is 16.0 Å². The standard InChI is InChI=1S/C12H11ClN4O3/c13-8-5-6-12(16-14)15-9(8)7-20-11-4-2-1-3-10(11)17(18)19/h1-6H,7,14H2,(H,15,16). The van der Waals surface area contributed by atoms with Gasteiger partial charge in [0.2, 0.25) is 0 Å². The van der Waals surface area contributed by atoms with Crippen molar-refractivity contribution >= 4 is 23.1 Å². The van der Waals surface area contributed by atoms with Crippen molar-refractivity contribution in [1.29, 1.82) is 0 Å². The second-order valence-electron chi connectivity index (χ2n) is 3.78. The third-order valence-corrected chi connectivity index (χ3v) is 2.84. The van der Waals surface area contributed by atoms with E-state index in [-0.39, 0.29) is 18.0 Å². The predicted octanol–water partition coefficient (Wildman–Crippen LogP) is 2.51. The Balaban J connectivity index is 2.19. The molecule has 0 unspecified atom stereocenters. The highest BCUT2D eigenvalue weighted by Gasteiger charge is 2.14. The lowest BCUT2D eigenvalue weighted by atomic mass is 10.3. The van der Waals surface area contributed by atoms with Crippen molar-refractivity contribution in [2.45, 2.75) is 6.61 Å². The molecule has 2 rings (SSSR count). The van der Waals surface area contributed by atoms with Crippen molar-refractivity contribution in [3.05, 3.63) is 57.2 Å². The summed E-state index contributed by atoms with van der Waals surface area (Å²) in [6, 6.07) is 9.31. The molecule has 2 aromatic rings. The van der Waals surface area contributed by atoms with Crippen molar-refractivity contribution in [3.8, 4) is 5.75 Å². The van der Waals surface area contributed by atoms with Gasteiger partial charge in [-0.1, -0.05) is 23.7 Å². The third-order valence-electron chi connectivity index (χ3n) is 2.49. The van der Waals surface area contributed by atoms with Gasteiger partial charge in [-0.2, -0.15) is 0 Å². The normalized spacial score (nSPS) is 10.1. The third kappa shape index (κ3) is 3.14. The Hall–Kier alpha value is -2.38. The smallest absolute Gasteiger partial charge is 0.310 e. The Kier molecular flexibility index (Phi) is 4.34. The second-order valence-corrected chi connectivity index (χ2v) is 4.19. The van der Waals surface area contributed by atoms with Gasteiger partial charge in [-0.15, -0.1) is 0 Å². The van der Waals surface area contributed by atoms with Gasteiger partial charge in [0.25, 0.3) is 0 Å². The maximum Gasteiger partial charge on any atom is 0.310 e. The molecule has 7 nitrogen and oxygen atoms in total. The average Bonchev–Trinajstić information content (AvgIpc) is 2.46. The molecule has 0 fully saturated rings. The lowest BCUT2D eigenvalue weighted by Crippen LogP contribution is -2.10. The number of nitro groups is 1. The van der Waals surface area contributed by atoms with Gasteiger partial charge >= 0.3 is 5.69 Å². The number of nitrogens with two attached hydrogens (primary N) is 1. The Morgan fingerprint density at radius 1 is 1.35 bits per heavy atom. The molecule has 1 heterocycles. The first-order chi connectivity index (χ1) is 9.61. The number of ether oxygens (including phenoxy) is 1. The van der Waals surface area contributed by atoms with Crippen molar-refractivity contribution in [3.63, 3.8) is 0 Å². The number of hydrogen-bond acceptors (Lipinski definition) is 6. The summed E-state index contributed by atoms with van der Waals surface area (Å²) in [5, 5.41) is 11.2. The number of para-hydroxylation sites is 2. The molecule has 0 aliphatic heterocycles. The van der Waals surface area contributed by atoms with E-state index in [1.54, 1.807) is 24.3 Å². The number of aromatic nitrogens is 1. The molecule has 0 radical (unpaired) electrons. The van der Waals surface area contributed by atoms with E-state index in [0.29, 0.717) is 16.5 Å². The number of hydrazine groups is 1. The van der Waals surface area contributed by atoms with E-state index >= 15 is 0 Å². The molecule has 20 heavy (non-hydrogen) atoms. The summed E-state index contributed by atoms with van der Waals surface area (Å²) in [6.45, 7) is -0.000787. The molecule has 0 aliphatic carbocycles. The van der Waals surface area contributed by atoms with E-state index < -0.39 is 4.92 Å². The SMILES string of the molecule is NNc1ccc(Cl)c(COc2ccccc2[N+](=O)[O-])n1. The fourth-order valence-electron chi connectivity index (χ4n) is 1.54. The Morgan fingerprint density at radius 3 is 2.80 bits per heavy atom. The molecule has 0 spiro atoms. The monoisotopic (exact) mass is 294 g/mol. The van der Waals surface area contributed by atoms with Crippen LogP contribution in [-0.2, 0) is 6.61 Å². The van der Waals surface area contributed by atoms with E-state index in [4.69, 9.17) is 22.2 Å². The van der Waals surface area contributed by atoms with Gasteiger partial charge in [-0.25, -0.2) is 10.8 Å². The molecule has 8 heteroatoms. The van der Waals surface area contributed by atoms with Gasteiger partial charge < -0.3 is 10.2 Å². The number of pyridine rings is 1. The van der Waals surface area contributed by atoms with Crippen LogP contribution in [-0.4, -0.2) is 9.91 Å². The van der Waals surface area contributed by atoms with Crippen LogP contribution in [0.25, 0.3) is 0 Å². The fourth-order valence-corrected chi connectivity index (χ4v) is 1.70. The van der Waals surface area contributed by atoms with Crippen LogP contribution in [0.3, 0.4) is 0 Å². The number of hydrogen-bond donors (Lipinski definition) is 2. The molecule has 0 saturated carbocycles. The number of nitrogens with zero attached hydrogens (tertiary/aromatic N) is 2.